The van der Waals surface area contributed by atoms with Gasteiger partial charge < -0.3 is 4.74 Å². The molecule has 1 unspecified atom stereocenters. The largest absolute Gasteiger partial charge is 0.465 e. The van der Waals surface area contributed by atoms with Crippen molar-refractivity contribution in [2.45, 2.75) is 84.5 Å². The van der Waals surface area contributed by atoms with Crippen LogP contribution in [0.4, 0.5) is 0 Å². The van der Waals surface area contributed by atoms with E-state index in [1.165, 1.54) is 24.8 Å². The van der Waals surface area contributed by atoms with E-state index < -0.39 is 0 Å². The van der Waals surface area contributed by atoms with Gasteiger partial charge >= 0.3 is 5.97 Å². The lowest BCUT2D eigenvalue weighted by atomic mass is 9.95. The number of aryl methyl sites for hydroxylation is 1. The van der Waals surface area contributed by atoms with Crippen molar-refractivity contribution in [3.8, 4) is 0 Å². The first-order chi connectivity index (χ1) is 11.8. The molecular weight excluding hydrogens is 296 g/mol. The minimum Gasteiger partial charge on any atom is -0.465 e. The van der Waals surface area contributed by atoms with Crippen molar-refractivity contribution < 1.29 is 9.53 Å². The number of benzene rings is 1. The van der Waals surface area contributed by atoms with Crippen LogP contribution >= 0.6 is 0 Å². The van der Waals surface area contributed by atoms with E-state index in [4.69, 9.17) is 4.74 Å². The fraction of sp³-hybridized carbons (Fsp3) is 0.682. The van der Waals surface area contributed by atoms with Gasteiger partial charge in [0, 0.05) is 0 Å². The highest BCUT2D eigenvalue weighted by atomic mass is 16.5. The van der Waals surface area contributed by atoms with E-state index in [0.717, 1.165) is 51.4 Å². The fourth-order valence-electron chi connectivity index (χ4n) is 3.01. The predicted molar refractivity (Wildman–Crippen MR) is 102 cm³/mol. The smallest absolute Gasteiger partial charge is 0.308 e. The predicted octanol–water partition coefficient (Wildman–Crippen LogP) is 6.33. The zero-order valence-corrected chi connectivity index (χ0v) is 15.8. The molecule has 0 aliphatic heterocycles. The molecule has 0 bridgehead atoms. The summed E-state index contributed by atoms with van der Waals surface area (Å²) in [6, 6.07) is 10.5. The topological polar surface area (TPSA) is 26.3 Å². The number of carbonyl (C=O) groups is 1. The van der Waals surface area contributed by atoms with Crippen molar-refractivity contribution in [3.05, 3.63) is 35.9 Å². The molecule has 1 atom stereocenters. The minimum absolute atomic E-state index is 0.0414. The Kier molecular flexibility index (Phi) is 12.2. The first kappa shape index (κ1) is 20.7. The molecule has 1 rings (SSSR count). The van der Waals surface area contributed by atoms with Crippen LogP contribution in [0.1, 0.15) is 83.6 Å². The standard InChI is InChI=1S/C22H36O2/c1-3-5-7-11-18-21(17-6-4-2)22(23)24-19-13-12-16-20-14-9-8-10-15-20/h8-10,14-15,21H,3-7,11-13,16-19H2,1-2H3. The zero-order valence-electron chi connectivity index (χ0n) is 15.8. The average molecular weight is 333 g/mol. The van der Waals surface area contributed by atoms with E-state index in [9.17, 15) is 4.79 Å². The SMILES string of the molecule is CCCCCCC(CCCC)C(=O)OCCCCc1ccccc1. The quantitative estimate of drug-likeness (QED) is 0.294. The summed E-state index contributed by atoms with van der Waals surface area (Å²) in [7, 11) is 0. The Morgan fingerprint density at radius 3 is 2.29 bits per heavy atom. The molecule has 0 saturated heterocycles. The van der Waals surface area contributed by atoms with Gasteiger partial charge in [-0.05, 0) is 37.7 Å². The van der Waals surface area contributed by atoms with Crippen molar-refractivity contribution >= 4 is 5.97 Å². The van der Waals surface area contributed by atoms with E-state index in [-0.39, 0.29) is 11.9 Å². The lowest BCUT2D eigenvalue weighted by molar-refractivity contribution is -0.149. The van der Waals surface area contributed by atoms with E-state index >= 15 is 0 Å². The number of hydrogen-bond donors (Lipinski definition) is 0. The molecule has 0 aliphatic carbocycles. The van der Waals surface area contributed by atoms with Gasteiger partial charge in [0.25, 0.3) is 0 Å². The van der Waals surface area contributed by atoms with Crippen LogP contribution in [0.5, 0.6) is 0 Å². The number of ether oxygens (including phenoxy) is 1. The highest BCUT2D eigenvalue weighted by Crippen LogP contribution is 2.19. The van der Waals surface area contributed by atoms with Crippen LogP contribution in [0.3, 0.4) is 0 Å². The lowest BCUT2D eigenvalue weighted by Crippen LogP contribution is -2.18. The number of rotatable bonds is 14. The maximum atomic E-state index is 12.3. The Balaban J connectivity index is 2.19. The number of hydrogen-bond acceptors (Lipinski definition) is 2. The Morgan fingerprint density at radius 1 is 0.875 bits per heavy atom. The van der Waals surface area contributed by atoms with Gasteiger partial charge in [-0.1, -0.05) is 82.7 Å². The van der Waals surface area contributed by atoms with Crippen molar-refractivity contribution in [2.75, 3.05) is 6.61 Å². The van der Waals surface area contributed by atoms with Gasteiger partial charge in [-0.3, -0.25) is 4.79 Å². The second-order valence-corrected chi connectivity index (χ2v) is 6.80. The van der Waals surface area contributed by atoms with Crippen LogP contribution in [0.25, 0.3) is 0 Å². The zero-order chi connectivity index (χ0) is 17.5. The van der Waals surface area contributed by atoms with Gasteiger partial charge in [-0.2, -0.15) is 0 Å². The summed E-state index contributed by atoms with van der Waals surface area (Å²) < 4.78 is 5.56. The molecule has 0 amide bonds. The molecule has 0 aliphatic rings. The summed E-state index contributed by atoms with van der Waals surface area (Å²) in [6.07, 6.45) is 12.3. The Labute approximate surface area is 149 Å². The summed E-state index contributed by atoms with van der Waals surface area (Å²) in [4.78, 5) is 12.3. The highest BCUT2D eigenvalue weighted by molar-refractivity contribution is 5.72. The molecule has 0 N–H and O–H groups in total. The summed E-state index contributed by atoms with van der Waals surface area (Å²) in [5.41, 5.74) is 1.36. The first-order valence-electron chi connectivity index (χ1n) is 9.98. The number of carbonyl (C=O) groups excluding carboxylic acids is 1. The minimum atomic E-state index is 0.0414. The summed E-state index contributed by atoms with van der Waals surface area (Å²) in [5.74, 6) is 0.163. The average Bonchev–Trinajstić information content (AvgIpc) is 2.61. The summed E-state index contributed by atoms with van der Waals surface area (Å²) >= 11 is 0. The van der Waals surface area contributed by atoms with Crippen LogP contribution in [0, 0.1) is 5.92 Å². The van der Waals surface area contributed by atoms with Crippen molar-refractivity contribution in [2.24, 2.45) is 5.92 Å². The van der Waals surface area contributed by atoms with Crippen molar-refractivity contribution in [1.29, 1.82) is 0 Å². The van der Waals surface area contributed by atoms with Gasteiger partial charge in [0.15, 0.2) is 0 Å². The van der Waals surface area contributed by atoms with Crippen molar-refractivity contribution in [3.63, 3.8) is 0 Å². The van der Waals surface area contributed by atoms with Gasteiger partial charge in [0.2, 0.25) is 0 Å². The summed E-state index contributed by atoms with van der Waals surface area (Å²) in [6.45, 7) is 4.98. The van der Waals surface area contributed by atoms with Crippen LogP contribution in [0.2, 0.25) is 0 Å². The third-order valence-electron chi connectivity index (χ3n) is 4.59. The third-order valence-corrected chi connectivity index (χ3v) is 4.59. The number of unbranched alkanes of at least 4 members (excludes halogenated alkanes) is 5. The molecule has 2 heteroatoms. The van der Waals surface area contributed by atoms with Gasteiger partial charge in [-0.15, -0.1) is 0 Å². The molecule has 24 heavy (non-hydrogen) atoms. The maximum absolute atomic E-state index is 12.3. The molecule has 0 saturated carbocycles. The molecule has 136 valence electrons. The lowest BCUT2D eigenvalue weighted by Gasteiger charge is -2.15. The molecule has 0 radical (unpaired) electrons. The first-order valence-corrected chi connectivity index (χ1v) is 9.98. The van der Waals surface area contributed by atoms with Gasteiger partial charge in [0.05, 0.1) is 12.5 Å². The van der Waals surface area contributed by atoms with Gasteiger partial charge in [-0.25, -0.2) is 0 Å². The molecular formula is C22H36O2. The molecule has 0 heterocycles. The van der Waals surface area contributed by atoms with Gasteiger partial charge in [0.1, 0.15) is 0 Å². The molecule has 0 aromatic heterocycles. The van der Waals surface area contributed by atoms with E-state index in [2.05, 4.69) is 38.1 Å². The van der Waals surface area contributed by atoms with E-state index in [1.807, 2.05) is 6.07 Å². The third kappa shape index (κ3) is 9.75. The van der Waals surface area contributed by atoms with E-state index in [1.54, 1.807) is 0 Å². The second kappa shape index (κ2) is 14.1. The van der Waals surface area contributed by atoms with Crippen LogP contribution in [-0.4, -0.2) is 12.6 Å². The molecule has 2 nitrogen and oxygen atoms in total. The fourth-order valence-corrected chi connectivity index (χ4v) is 3.01. The van der Waals surface area contributed by atoms with Crippen molar-refractivity contribution in [1.82, 2.24) is 0 Å². The monoisotopic (exact) mass is 332 g/mol. The normalized spacial score (nSPS) is 12.1. The Bertz CT molecular complexity index is 413. The molecule has 0 spiro atoms. The van der Waals surface area contributed by atoms with Crippen LogP contribution in [-0.2, 0) is 16.0 Å². The van der Waals surface area contributed by atoms with Crippen LogP contribution in [0.15, 0.2) is 30.3 Å². The molecule has 0 fully saturated rings. The number of esters is 1. The Morgan fingerprint density at radius 2 is 1.58 bits per heavy atom. The Hall–Kier alpha value is -1.31. The van der Waals surface area contributed by atoms with Crippen LogP contribution < -0.4 is 0 Å². The molecule has 1 aromatic carbocycles. The molecule has 1 aromatic rings. The summed E-state index contributed by atoms with van der Waals surface area (Å²) in [5, 5.41) is 0. The highest BCUT2D eigenvalue weighted by Gasteiger charge is 2.18. The van der Waals surface area contributed by atoms with E-state index in [0.29, 0.717) is 6.61 Å². The second-order valence-electron chi connectivity index (χ2n) is 6.80. The maximum Gasteiger partial charge on any atom is 0.308 e.